The van der Waals surface area contributed by atoms with E-state index in [0.29, 0.717) is 0 Å². The molecule has 1 aliphatic heterocycles. The van der Waals surface area contributed by atoms with Gasteiger partial charge in [0.15, 0.2) is 0 Å². The first-order chi connectivity index (χ1) is 6.31. The summed E-state index contributed by atoms with van der Waals surface area (Å²) in [5.74, 6) is 3.56. The number of fused-ring (bicyclic) bond motifs is 1. The molecule has 0 spiro atoms. The molecule has 1 aliphatic rings. The zero-order valence-corrected chi connectivity index (χ0v) is 8.16. The highest BCUT2D eigenvalue weighted by molar-refractivity contribution is 7.80. The first-order valence-corrected chi connectivity index (χ1v) is 4.69. The van der Waals surface area contributed by atoms with Crippen molar-refractivity contribution in [2.24, 2.45) is 0 Å². The maximum Gasteiger partial charge on any atom is 0.216 e. The van der Waals surface area contributed by atoms with Gasteiger partial charge in [0.25, 0.3) is 0 Å². The highest BCUT2D eigenvalue weighted by Gasteiger charge is 2.18. The molecule has 0 fully saturated rings. The van der Waals surface area contributed by atoms with Crippen LogP contribution in [0.5, 0.6) is 0 Å². The van der Waals surface area contributed by atoms with Gasteiger partial charge in [-0.15, -0.1) is 0 Å². The Labute approximate surface area is 82.1 Å². The second kappa shape index (κ2) is 3.35. The summed E-state index contributed by atoms with van der Waals surface area (Å²) in [5, 5.41) is 0.729. The molecule has 1 aromatic rings. The van der Waals surface area contributed by atoms with E-state index in [2.05, 4.69) is 27.2 Å². The molecule has 0 amide bonds. The van der Waals surface area contributed by atoms with Gasteiger partial charge < -0.3 is 9.88 Å². The van der Waals surface area contributed by atoms with E-state index in [4.69, 9.17) is 12.2 Å². The maximum absolute atomic E-state index is 5.12. The molecule has 0 aromatic carbocycles. The Morgan fingerprint density at radius 1 is 1.69 bits per heavy atom. The zero-order valence-electron chi connectivity index (χ0n) is 7.34. The molecule has 0 saturated carbocycles. The van der Waals surface area contributed by atoms with Gasteiger partial charge in [0, 0.05) is 31.4 Å². The van der Waals surface area contributed by atoms with E-state index in [1.807, 2.05) is 6.20 Å². The maximum atomic E-state index is 5.12. The normalized spacial score (nSPS) is 15.3. The number of rotatable bonds is 0. The summed E-state index contributed by atoms with van der Waals surface area (Å²) in [6.07, 6.45) is 3.01. The summed E-state index contributed by atoms with van der Waals surface area (Å²) in [7, 11) is 0. The predicted octanol–water partition coefficient (Wildman–Crippen LogP) is -0.596. The van der Waals surface area contributed by atoms with Crippen molar-refractivity contribution in [2.45, 2.75) is 13.0 Å². The van der Waals surface area contributed by atoms with Crippen LogP contribution < -0.4 is 11.3 Å². The molecule has 0 atom stereocenters. The van der Waals surface area contributed by atoms with Crippen LogP contribution >= 0.6 is 12.2 Å². The number of nitrogens with zero attached hydrogens (tertiary/aromatic N) is 1. The van der Waals surface area contributed by atoms with E-state index in [1.165, 1.54) is 11.3 Å². The molecule has 70 valence electrons. The standard InChI is InChI=1S/C8H12N4S/c9-11-8(13)12-4-2-7-6(5-12)1-3-10-7/h1,3,10H,2,4-5,9H2,(H,11,13)/p+1. The van der Waals surface area contributed by atoms with Crippen molar-refractivity contribution in [1.29, 1.82) is 0 Å². The van der Waals surface area contributed by atoms with Crippen LogP contribution in [0.1, 0.15) is 11.3 Å². The number of nitrogens with one attached hydrogen (secondary N) is 2. The second-order valence-corrected chi connectivity index (χ2v) is 3.52. The molecule has 13 heavy (non-hydrogen) atoms. The Balaban J connectivity index is 2.13. The van der Waals surface area contributed by atoms with Crippen molar-refractivity contribution in [2.75, 3.05) is 6.54 Å². The van der Waals surface area contributed by atoms with Gasteiger partial charge in [-0.25, -0.2) is 5.43 Å². The third kappa shape index (κ3) is 1.52. The lowest BCUT2D eigenvalue weighted by Gasteiger charge is -2.27. The highest BCUT2D eigenvalue weighted by atomic mass is 32.1. The summed E-state index contributed by atoms with van der Waals surface area (Å²) >= 11 is 5.12. The van der Waals surface area contributed by atoms with E-state index in [-0.39, 0.29) is 0 Å². The molecule has 2 heterocycles. The lowest BCUT2D eigenvalue weighted by molar-refractivity contribution is -0.420. The predicted molar refractivity (Wildman–Crippen MR) is 53.5 cm³/mol. The number of hydrogen-bond donors (Lipinski definition) is 3. The lowest BCUT2D eigenvalue weighted by Crippen LogP contribution is -2.69. The van der Waals surface area contributed by atoms with Crippen LogP contribution in [0.3, 0.4) is 0 Å². The molecular formula is C8H13N4S+. The average Bonchev–Trinajstić information content (AvgIpc) is 2.63. The second-order valence-electron chi connectivity index (χ2n) is 3.13. The Hall–Kier alpha value is -1.07. The minimum atomic E-state index is 0.729. The van der Waals surface area contributed by atoms with Crippen molar-refractivity contribution in [3.63, 3.8) is 0 Å². The first kappa shape index (κ1) is 8.52. The van der Waals surface area contributed by atoms with Crippen molar-refractivity contribution in [3.05, 3.63) is 23.5 Å². The molecule has 0 saturated heterocycles. The van der Waals surface area contributed by atoms with E-state index in [1.54, 1.807) is 0 Å². The number of aromatic nitrogens is 1. The van der Waals surface area contributed by atoms with Gasteiger partial charge in [-0.1, -0.05) is 0 Å². The van der Waals surface area contributed by atoms with Gasteiger partial charge in [0.05, 0.1) is 0 Å². The lowest BCUT2D eigenvalue weighted by atomic mass is 10.1. The smallest absolute Gasteiger partial charge is 0.216 e. The molecular weight excluding hydrogens is 184 g/mol. The van der Waals surface area contributed by atoms with Crippen LogP contribution in [0.15, 0.2) is 12.3 Å². The third-order valence-electron chi connectivity index (χ3n) is 2.36. The molecule has 0 aliphatic carbocycles. The van der Waals surface area contributed by atoms with Crippen LogP contribution in [0, 0.1) is 0 Å². The van der Waals surface area contributed by atoms with Gasteiger partial charge >= 0.3 is 0 Å². The average molecular weight is 197 g/mol. The van der Waals surface area contributed by atoms with E-state index < -0.39 is 0 Å². The van der Waals surface area contributed by atoms with Gasteiger partial charge in [-0.2, -0.15) is 0 Å². The Morgan fingerprint density at radius 3 is 3.31 bits per heavy atom. The summed E-state index contributed by atoms with van der Waals surface area (Å²) in [5.41, 5.74) is 5.43. The fraction of sp³-hybridized carbons (Fsp3) is 0.375. The van der Waals surface area contributed by atoms with Gasteiger partial charge in [-0.3, -0.25) is 5.84 Å². The Morgan fingerprint density at radius 2 is 2.54 bits per heavy atom. The molecule has 1 aromatic heterocycles. The number of quaternary nitrogens is 1. The molecule has 5 N–H and O–H groups in total. The number of hydrogen-bond acceptors (Lipinski definition) is 1. The van der Waals surface area contributed by atoms with E-state index in [0.717, 1.165) is 24.6 Å². The zero-order chi connectivity index (χ0) is 9.26. The van der Waals surface area contributed by atoms with Crippen molar-refractivity contribution >= 4 is 17.3 Å². The van der Waals surface area contributed by atoms with Gasteiger partial charge in [0.2, 0.25) is 5.11 Å². The summed E-state index contributed by atoms with van der Waals surface area (Å²) in [6.45, 7) is 1.86. The Bertz CT molecular complexity index is 320. The fourth-order valence-electron chi connectivity index (χ4n) is 1.63. The van der Waals surface area contributed by atoms with Crippen LogP contribution in [0.4, 0.5) is 0 Å². The number of H-pyrrole nitrogens is 1. The van der Waals surface area contributed by atoms with Gasteiger partial charge in [0.1, 0.15) is 0 Å². The van der Waals surface area contributed by atoms with Gasteiger partial charge in [-0.05, 0) is 23.8 Å². The van der Waals surface area contributed by atoms with Crippen molar-refractivity contribution < 1.29 is 5.84 Å². The first-order valence-electron chi connectivity index (χ1n) is 4.28. The molecule has 5 heteroatoms. The topological polar surface area (TPSA) is 58.7 Å². The molecule has 0 unspecified atom stereocenters. The monoisotopic (exact) mass is 197 g/mol. The largest absolute Gasteiger partial charge is 0.365 e. The number of thiocarbonyl (C=S) groups is 1. The number of aromatic amines is 1. The van der Waals surface area contributed by atoms with Crippen LogP contribution in [-0.2, 0) is 13.0 Å². The Kier molecular flexibility index (Phi) is 2.20. The van der Waals surface area contributed by atoms with Crippen molar-refractivity contribution in [1.82, 2.24) is 15.3 Å². The quantitative estimate of drug-likeness (QED) is 0.385. The minimum absolute atomic E-state index is 0.729. The fourth-order valence-corrected chi connectivity index (χ4v) is 1.79. The molecule has 4 nitrogen and oxygen atoms in total. The summed E-state index contributed by atoms with van der Waals surface area (Å²) in [4.78, 5) is 5.35. The third-order valence-corrected chi connectivity index (χ3v) is 2.76. The van der Waals surface area contributed by atoms with Crippen molar-refractivity contribution in [3.8, 4) is 0 Å². The van der Waals surface area contributed by atoms with Crippen LogP contribution in [0.25, 0.3) is 0 Å². The SMILES string of the molecule is [NH3+]NC(=S)N1CCc2[nH]ccc2C1. The summed E-state index contributed by atoms with van der Waals surface area (Å²) in [6, 6.07) is 2.10. The van der Waals surface area contributed by atoms with Crippen LogP contribution in [0.2, 0.25) is 0 Å². The van der Waals surface area contributed by atoms with E-state index in [9.17, 15) is 0 Å². The minimum Gasteiger partial charge on any atom is -0.365 e. The molecule has 0 radical (unpaired) electrons. The van der Waals surface area contributed by atoms with E-state index >= 15 is 0 Å². The molecule has 0 bridgehead atoms. The molecule has 2 rings (SSSR count). The highest BCUT2D eigenvalue weighted by Crippen LogP contribution is 2.16. The summed E-state index contributed by atoms with van der Waals surface area (Å²) < 4.78 is 0. The van der Waals surface area contributed by atoms with Crippen LogP contribution in [-0.4, -0.2) is 21.5 Å².